The first kappa shape index (κ1) is 52.3. The second-order valence-corrected chi connectivity index (χ2v) is 21.5. The summed E-state index contributed by atoms with van der Waals surface area (Å²) in [7, 11) is 1.88. The van der Waals surface area contributed by atoms with Gasteiger partial charge in [0.1, 0.15) is 47.2 Å². The summed E-state index contributed by atoms with van der Waals surface area (Å²) in [6, 6.07) is 16.3. The number of terminal acetylenes is 1. The number of piperazine rings is 1. The van der Waals surface area contributed by atoms with Gasteiger partial charge < -0.3 is 44.6 Å². The quantitative estimate of drug-likeness (QED) is 0.0727. The van der Waals surface area contributed by atoms with E-state index in [9.17, 15) is 19.8 Å². The van der Waals surface area contributed by atoms with Gasteiger partial charge in [-0.2, -0.15) is 15.1 Å². The Labute approximate surface area is 450 Å². The molecule has 0 saturated carbocycles. The zero-order valence-corrected chi connectivity index (χ0v) is 44.0. The highest BCUT2D eigenvalue weighted by molar-refractivity contribution is 6.03. The van der Waals surface area contributed by atoms with E-state index in [-0.39, 0.29) is 107 Å². The largest absolute Gasteiger partial charge is 0.508 e. The molecule has 3 aromatic carbocycles. The van der Waals surface area contributed by atoms with Crippen LogP contribution in [0.5, 0.6) is 17.6 Å². The number of amides is 2. The minimum Gasteiger partial charge on any atom is -0.508 e. The molecule has 4 saturated heterocycles. The molecule has 7 aromatic rings. The summed E-state index contributed by atoms with van der Waals surface area (Å²) >= 11 is 0. The van der Waals surface area contributed by atoms with Crippen LogP contribution in [0.1, 0.15) is 81.7 Å². The number of carbonyl (C=O) groups is 2. The van der Waals surface area contributed by atoms with Gasteiger partial charge in [0.05, 0.1) is 35.4 Å². The number of carbonyl (C=O) groups excluding carboxylic acids is 2. The second-order valence-electron chi connectivity index (χ2n) is 21.5. The molecule has 2 bridgehead atoms. The van der Waals surface area contributed by atoms with Gasteiger partial charge in [-0.15, -0.1) is 6.42 Å². The number of benzene rings is 3. The lowest BCUT2D eigenvalue weighted by molar-refractivity contribution is -0.141. The number of likely N-dealkylation sites (tertiary alicyclic amines) is 2. The van der Waals surface area contributed by atoms with Gasteiger partial charge >= 0.3 is 6.01 Å². The molecule has 2 amide bonds. The van der Waals surface area contributed by atoms with Gasteiger partial charge in [0, 0.05) is 81.1 Å². The number of hydrogen-bond acceptors (Lipinski definition) is 15. The average molecular weight is 1060 g/mol. The zero-order chi connectivity index (χ0) is 54.4. The molecule has 78 heavy (non-hydrogen) atoms. The lowest BCUT2D eigenvalue weighted by Crippen LogP contribution is -2.51. The summed E-state index contributed by atoms with van der Waals surface area (Å²) in [5.41, 5.74) is 2.78. The van der Waals surface area contributed by atoms with E-state index in [4.69, 9.17) is 25.4 Å². The lowest BCUT2D eigenvalue weighted by atomic mass is 9.91. The molecule has 18 nitrogen and oxygen atoms in total. The highest BCUT2D eigenvalue weighted by Crippen LogP contribution is 2.40. The van der Waals surface area contributed by atoms with Crippen LogP contribution in [-0.2, 0) is 16.6 Å². The van der Waals surface area contributed by atoms with Crippen LogP contribution < -0.4 is 25.0 Å². The molecule has 4 aliphatic rings. The number of aryl methyl sites for hydroxylation is 1. The smallest absolute Gasteiger partial charge is 0.319 e. The van der Waals surface area contributed by atoms with Crippen molar-refractivity contribution in [3.05, 3.63) is 102 Å². The van der Waals surface area contributed by atoms with Crippen molar-refractivity contribution in [3.63, 3.8) is 0 Å². The van der Waals surface area contributed by atoms with Crippen molar-refractivity contribution in [2.45, 2.75) is 89.1 Å². The maximum Gasteiger partial charge on any atom is 0.319 e. The number of hydrogen-bond donors (Lipinski definition) is 4. The van der Waals surface area contributed by atoms with Crippen molar-refractivity contribution in [1.82, 2.24) is 50.3 Å². The van der Waals surface area contributed by atoms with Gasteiger partial charge in [-0.25, -0.2) is 8.78 Å². The summed E-state index contributed by atoms with van der Waals surface area (Å²) < 4.78 is 52.0. The van der Waals surface area contributed by atoms with Gasteiger partial charge in [-0.1, -0.05) is 50.1 Å². The zero-order valence-electron chi connectivity index (χ0n) is 44.0. The van der Waals surface area contributed by atoms with Crippen LogP contribution in [0.25, 0.3) is 44.2 Å². The Balaban J connectivity index is 0.705. The number of nitrogens with zero attached hydrogens (tertiary/aromatic N) is 9. The van der Waals surface area contributed by atoms with Crippen LogP contribution in [0.4, 0.5) is 14.6 Å². The van der Waals surface area contributed by atoms with Crippen molar-refractivity contribution in [2.24, 2.45) is 18.9 Å². The number of nitrogens with one attached hydrogen (secondary N) is 2. The third-order valence-corrected chi connectivity index (χ3v) is 15.9. The van der Waals surface area contributed by atoms with Gasteiger partial charge in [0.2, 0.25) is 11.8 Å². The molecule has 406 valence electrons. The van der Waals surface area contributed by atoms with Crippen LogP contribution in [-0.4, -0.2) is 138 Å². The Bertz CT molecular complexity index is 3400. The molecule has 4 N–H and O–H groups in total. The van der Waals surface area contributed by atoms with Crippen LogP contribution in [0, 0.1) is 35.8 Å². The molecule has 0 radical (unpaired) electrons. The lowest BCUT2D eigenvalue weighted by Gasteiger charge is -2.34. The maximum absolute atomic E-state index is 17.1. The molecule has 0 aliphatic carbocycles. The summed E-state index contributed by atoms with van der Waals surface area (Å²) in [6.45, 7) is 9.79. The van der Waals surface area contributed by atoms with Crippen molar-refractivity contribution in [2.75, 3.05) is 57.4 Å². The van der Waals surface area contributed by atoms with E-state index in [0.717, 1.165) is 55.6 Å². The number of anilines is 1. The van der Waals surface area contributed by atoms with Gasteiger partial charge in [0.25, 0.3) is 5.88 Å². The number of phenols is 1. The fourth-order valence-corrected chi connectivity index (χ4v) is 11.8. The van der Waals surface area contributed by atoms with Gasteiger partial charge in [-0.05, 0) is 103 Å². The number of phenolic OH excluding ortho intramolecular Hbond substituents is 1. The molecule has 0 spiro atoms. The first-order valence-electron chi connectivity index (χ1n) is 26.8. The van der Waals surface area contributed by atoms with Crippen molar-refractivity contribution in [1.29, 1.82) is 0 Å². The highest BCUT2D eigenvalue weighted by Gasteiger charge is 2.44. The Morgan fingerprint density at radius 2 is 1.74 bits per heavy atom. The van der Waals surface area contributed by atoms with Gasteiger partial charge in [0.15, 0.2) is 11.6 Å². The minimum absolute atomic E-state index is 0.0145. The molecule has 8 heterocycles. The SMILES string of the molecule is C#Cc1c(F)ccc2cc(O)cc(-c3ncc4c(N5CC6CCC(C5)N6)nc(OCCN5CCC(COc6cc([C@H](C(=O)N7C[C@H](O)C[C@H]7C(=O)N[C@@H](C)c7ccc(-c8ccnn8C)cc7)C(C)C)on6)CC5)nc4c3F)c12. The number of β-amino-alcohol motifs (C(OH)–C–C–N with tert-alkyl or cyclic N) is 1. The number of aliphatic hydroxyl groups is 1. The maximum atomic E-state index is 17.1. The van der Waals surface area contributed by atoms with E-state index >= 15 is 8.78 Å². The van der Waals surface area contributed by atoms with Crippen LogP contribution in [0.15, 0.2) is 77.6 Å². The van der Waals surface area contributed by atoms with E-state index in [1.807, 2.05) is 58.2 Å². The van der Waals surface area contributed by atoms with E-state index in [1.165, 1.54) is 35.4 Å². The molecule has 6 atom stereocenters. The van der Waals surface area contributed by atoms with Gasteiger partial charge in [-0.3, -0.25) is 24.2 Å². The number of aromatic hydroxyl groups is 1. The van der Waals surface area contributed by atoms with Crippen LogP contribution >= 0.6 is 0 Å². The van der Waals surface area contributed by atoms with Crippen molar-refractivity contribution < 1.29 is 42.6 Å². The predicted molar refractivity (Wildman–Crippen MR) is 288 cm³/mol. The third kappa shape index (κ3) is 10.5. The molecule has 4 fully saturated rings. The highest BCUT2D eigenvalue weighted by atomic mass is 19.1. The predicted octanol–water partition coefficient (Wildman–Crippen LogP) is 6.89. The van der Waals surface area contributed by atoms with E-state index in [0.29, 0.717) is 48.6 Å². The Kier molecular flexibility index (Phi) is 14.7. The summed E-state index contributed by atoms with van der Waals surface area (Å²) in [6.07, 6.45) is 12.0. The number of ether oxygens (including phenoxy) is 2. The summed E-state index contributed by atoms with van der Waals surface area (Å²) in [5, 5.41) is 37.6. The summed E-state index contributed by atoms with van der Waals surface area (Å²) in [5.74, 6) is 0.469. The first-order chi connectivity index (χ1) is 37.7. The summed E-state index contributed by atoms with van der Waals surface area (Å²) in [4.78, 5) is 48.0. The van der Waals surface area contributed by atoms with Crippen LogP contribution in [0.3, 0.4) is 0 Å². The Morgan fingerprint density at radius 3 is 2.46 bits per heavy atom. The number of aliphatic hydroxyl groups excluding tert-OH is 1. The molecule has 2 unspecified atom stereocenters. The Morgan fingerprint density at radius 1 is 0.974 bits per heavy atom. The van der Waals surface area contributed by atoms with Crippen LogP contribution in [0.2, 0.25) is 0 Å². The fraction of sp³-hybridized carbons (Fsp3) is 0.431. The van der Waals surface area contributed by atoms with E-state index in [2.05, 4.69) is 46.6 Å². The van der Waals surface area contributed by atoms with E-state index in [1.54, 1.807) is 16.9 Å². The Hall–Kier alpha value is -7.73. The molecular formula is C58H63F2N11O7. The molecule has 11 rings (SSSR count). The molecule has 20 heteroatoms. The number of piperidine rings is 1. The standard InChI is InChI=1S/C58H63F2N11O7/c1-6-42-45(59)14-11-37-23-40(72)24-43(51(37)42)53-52(60)54-44(27-61-53)55(70-28-38-12-13-39(29-70)64-38)66-58(65-54)76-22-21-69-19-16-34(17-20-69)31-77-49-26-48(78-67-49)50(32(2)3)57(75)71-30-41(73)25-47(71)56(74)63-33(4)35-7-9-36(10-8-35)46-15-18-62-68(46)5/h1,7-11,14-15,18,23-24,26-27,32-34,38-39,41,47,50,64,72-73H,12-13,16-17,19-22,25,28-31H2,2-5H3,(H,63,74)/t33-,38?,39?,41+,47-,50+/m0/s1. The monoisotopic (exact) mass is 1060 g/mol. The van der Waals surface area contributed by atoms with Crippen molar-refractivity contribution in [3.8, 4) is 52.5 Å². The third-order valence-electron chi connectivity index (χ3n) is 15.9. The number of halogens is 2. The topological polar surface area (TPSA) is 209 Å². The number of fused-ring (bicyclic) bond motifs is 4. The number of rotatable bonds is 16. The molecule has 4 aliphatic heterocycles. The van der Waals surface area contributed by atoms with E-state index < -0.39 is 29.7 Å². The first-order valence-corrected chi connectivity index (χ1v) is 26.8. The second kappa shape index (κ2) is 22.0. The molecular weight excluding hydrogens is 1000 g/mol. The number of aromatic nitrogens is 6. The molecule has 4 aromatic heterocycles. The fourth-order valence-electron chi connectivity index (χ4n) is 11.8. The van der Waals surface area contributed by atoms with Crippen molar-refractivity contribution >= 4 is 39.3 Å². The minimum atomic E-state index is -0.868. The normalized spacial score (nSPS) is 20.6. The average Bonchev–Trinajstić information content (AvgIpc) is 4.37. The number of pyridine rings is 1.